The van der Waals surface area contributed by atoms with Crippen LogP contribution >= 0.6 is 31.9 Å². The molecule has 20 heavy (non-hydrogen) atoms. The van der Waals surface area contributed by atoms with Crippen LogP contribution in [0.2, 0.25) is 0 Å². The number of pyridine rings is 1. The van der Waals surface area contributed by atoms with Gasteiger partial charge in [-0.25, -0.2) is 4.79 Å². The third kappa shape index (κ3) is 2.25. The first-order chi connectivity index (χ1) is 9.56. The van der Waals surface area contributed by atoms with E-state index < -0.39 is 5.97 Å². The van der Waals surface area contributed by atoms with Gasteiger partial charge >= 0.3 is 5.97 Å². The topological polar surface area (TPSA) is 55.1 Å². The predicted octanol–water partition coefficient (Wildman–Crippen LogP) is 4.25. The van der Waals surface area contributed by atoms with Gasteiger partial charge in [-0.3, -0.25) is 4.98 Å². The van der Waals surface area contributed by atoms with Crippen LogP contribution in [0, 0.1) is 0 Å². The summed E-state index contributed by atoms with van der Waals surface area (Å²) in [6, 6.07) is 9.19. The minimum absolute atomic E-state index is 0.189. The molecule has 6 heteroatoms. The number of benzene rings is 1. The maximum Gasteiger partial charge on any atom is 0.352 e. The molecule has 100 valence electrons. The van der Waals surface area contributed by atoms with E-state index in [0.717, 1.165) is 21.1 Å². The molecule has 0 bridgehead atoms. The number of fused-ring (bicyclic) bond motifs is 1. The minimum Gasteiger partial charge on any atom is -0.477 e. The summed E-state index contributed by atoms with van der Waals surface area (Å²) in [5.74, 6) is -0.982. The van der Waals surface area contributed by atoms with Gasteiger partial charge in [0.1, 0.15) is 5.69 Å². The van der Waals surface area contributed by atoms with Gasteiger partial charge in [-0.15, -0.1) is 0 Å². The molecule has 1 N–H and O–H groups in total. The van der Waals surface area contributed by atoms with Crippen molar-refractivity contribution in [2.75, 3.05) is 0 Å². The second-order valence-electron chi connectivity index (χ2n) is 4.22. The van der Waals surface area contributed by atoms with Gasteiger partial charge < -0.3 is 9.67 Å². The highest BCUT2D eigenvalue weighted by Crippen LogP contribution is 2.26. The number of aromatic nitrogens is 2. The van der Waals surface area contributed by atoms with Gasteiger partial charge in [-0.1, -0.05) is 12.1 Å². The molecule has 0 spiro atoms. The van der Waals surface area contributed by atoms with Crippen LogP contribution in [0.1, 0.15) is 10.5 Å². The summed E-state index contributed by atoms with van der Waals surface area (Å²) in [7, 11) is 0. The summed E-state index contributed by atoms with van der Waals surface area (Å²) in [6.07, 6.45) is 3.42. The Morgan fingerprint density at radius 1 is 1.20 bits per heavy atom. The normalized spacial score (nSPS) is 10.9. The van der Waals surface area contributed by atoms with Crippen LogP contribution in [-0.4, -0.2) is 20.6 Å². The Morgan fingerprint density at radius 3 is 2.75 bits per heavy atom. The number of rotatable bonds is 2. The molecule has 0 radical (unpaired) electrons. The fraction of sp³-hybridized carbons (Fsp3) is 0. The Bertz CT molecular complexity index is 827. The van der Waals surface area contributed by atoms with Gasteiger partial charge in [0.15, 0.2) is 0 Å². The maximum absolute atomic E-state index is 11.3. The van der Waals surface area contributed by atoms with Gasteiger partial charge in [0.25, 0.3) is 0 Å². The Morgan fingerprint density at radius 2 is 2.00 bits per heavy atom. The first-order valence-corrected chi connectivity index (χ1v) is 7.30. The SMILES string of the molecule is O=C(O)c1cc(Br)cn1-c1cccc2cc(Br)cnc12. The van der Waals surface area contributed by atoms with E-state index in [1.54, 1.807) is 23.0 Å². The average Bonchev–Trinajstić information content (AvgIpc) is 2.80. The molecule has 0 aliphatic rings. The van der Waals surface area contributed by atoms with E-state index in [4.69, 9.17) is 0 Å². The molecule has 0 aliphatic heterocycles. The molecule has 0 atom stereocenters. The molecule has 0 saturated carbocycles. The van der Waals surface area contributed by atoms with Crippen molar-refractivity contribution in [3.8, 4) is 5.69 Å². The second-order valence-corrected chi connectivity index (χ2v) is 6.05. The lowest BCUT2D eigenvalue weighted by Gasteiger charge is -2.09. The zero-order valence-corrected chi connectivity index (χ0v) is 13.2. The van der Waals surface area contributed by atoms with E-state index in [9.17, 15) is 9.90 Å². The zero-order chi connectivity index (χ0) is 14.3. The van der Waals surface area contributed by atoms with Crippen molar-refractivity contribution in [1.29, 1.82) is 0 Å². The number of nitrogens with zero attached hydrogens (tertiary/aromatic N) is 2. The van der Waals surface area contributed by atoms with Gasteiger partial charge in [-0.05, 0) is 50.1 Å². The first kappa shape index (κ1) is 13.3. The number of carboxylic acids is 1. The van der Waals surface area contributed by atoms with Crippen LogP contribution in [0.25, 0.3) is 16.6 Å². The maximum atomic E-state index is 11.3. The van der Waals surface area contributed by atoms with Crippen molar-refractivity contribution < 1.29 is 9.90 Å². The van der Waals surface area contributed by atoms with Gasteiger partial charge in [0.2, 0.25) is 0 Å². The van der Waals surface area contributed by atoms with E-state index in [1.807, 2.05) is 24.3 Å². The second kappa shape index (κ2) is 5.03. The molecule has 0 amide bonds. The molecule has 1 aromatic carbocycles. The molecule has 0 saturated heterocycles. The van der Waals surface area contributed by atoms with Crippen LogP contribution in [0.4, 0.5) is 0 Å². The predicted molar refractivity (Wildman–Crippen MR) is 83.4 cm³/mol. The molecule has 0 unspecified atom stereocenters. The zero-order valence-electron chi connectivity index (χ0n) is 10.0. The number of carboxylic acid groups (broad SMARTS) is 1. The number of aromatic carboxylic acids is 1. The van der Waals surface area contributed by atoms with Crippen molar-refractivity contribution in [2.24, 2.45) is 0 Å². The summed E-state index contributed by atoms with van der Waals surface area (Å²) in [5.41, 5.74) is 1.67. The summed E-state index contributed by atoms with van der Waals surface area (Å²) in [4.78, 5) is 15.7. The van der Waals surface area contributed by atoms with Crippen LogP contribution in [0.15, 0.2) is 51.7 Å². The fourth-order valence-electron chi connectivity index (χ4n) is 2.11. The Labute approximate surface area is 131 Å². The highest BCUT2D eigenvalue weighted by Gasteiger charge is 2.15. The fourth-order valence-corrected chi connectivity index (χ4v) is 2.88. The summed E-state index contributed by atoms with van der Waals surface area (Å²) in [6.45, 7) is 0. The van der Waals surface area contributed by atoms with Crippen molar-refractivity contribution in [3.63, 3.8) is 0 Å². The number of hydrogen-bond donors (Lipinski definition) is 1. The lowest BCUT2D eigenvalue weighted by molar-refractivity contribution is 0.0688. The third-order valence-corrected chi connectivity index (χ3v) is 3.79. The first-order valence-electron chi connectivity index (χ1n) is 5.72. The lowest BCUT2D eigenvalue weighted by Crippen LogP contribution is -2.06. The molecular weight excluding hydrogens is 388 g/mol. The Balaban J connectivity index is 2.32. The number of halogens is 2. The van der Waals surface area contributed by atoms with Gasteiger partial charge in [0.05, 0.1) is 11.2 Å². The monoisotopic (exact) mass is 394 g/mol. The third-order valence-electron chi connectivity index (χ3n) is 2.92. The van der Waals surface area contributed by atoms with E-state index in [1.165, 1.54) is 0 Å². The lowest BCUT2D eigenvalue weighted by atomic mass is 10.2. The molecule has 3 rings (SSSR count). The van der Waals surface area contributed by atoms with E-state index >= 15 is 0 Å². The molecule has 3 aromatic rings. The highest BCUT2D eigenvalue weighted by molar-refractivity contribution is 9.10. The molecule has 2 aromatic heterocycles. The van der Waals surface area contributed by atoms with Crippen molar-refractivity contribution in [3.05, 3.63) is 57.4 Å². The number of carbonyl (C=O) groups is 1. The van der Waals surface area contributed by atoms with E-state index in [0.29, 0.717) is 4.47 Å². The summed E-state index contributed by atoms with van der Waals surface area (Å²) < 4.78 is 3.22. The molecule has 0 aliphatic carbocycles. The Kier molecular flexibility index (Phi) is 3.35. The van der Waals surface area contributed by atoms with Gasteiger partial charge in [0, 0.05) is 26.7 Å². The van der Waals surface area contributed by atoms with Crippen molar-refractivity contribution in [1.82, 2.24) is 9.55 Å². The van der Waals surface area contributed by atoms with Crippen molar-refractivity contribution in [2.45, 2.75) is 0 Å². The average molecular weight is 396 g/mol. The number of hydrogen-bond acceptors (Lipinski definition) is 2. The summed E-state index contributed by atoms with van der Waals surface area (Å²) >= 11 is 6.70. The van der Waals surface area contributed by atoms with Crippen LogP contribution in [-0.2, 0) is 0 Å². The molecular formula is C14H8Br2N2O2. The van der Waals surface area contributed by atoms with Crippen LogP contribution < -0.4 is 0 Å². The molecule has 2 heterocycles. The smallest absolute Gasteiger partial charge is 0.352 e. The van der Waals surface area contributed by atoms with Gasteiger partial charge in [-0.2, -0.15) is 0 Å². The van der Waals surface area contributed by atoms with Crippen molar-refractivity contribution >= 4 is 48.7 Å². The highest BCUT2D eigenvalue weighted by atomic mass is 79.9. The van der Waals surface area contributed by atoms with Crippen LogP contribution in [0.5, 0.6) is 0 Å². The van der Waals surface area contributed by atoms with E-state index in [2.05, 4.69) is 36.8 Å². The quantitative estimate of drug-likeness (QED) is 0.705. The standard InChI is InChI=1S/C14H8Br2N2O2/c15-9-4-8-2-1-3-11(13(8)17-6-9)18-7-10(16)5-12(18)14(19)20/h1-7H,(H,19,20). The summed E-state index contributed by atoms with van der Waals surface area (Å²) in [5, 5.41) is 10.2. The van der Waals surface area contributed by atoms with Crippen LogP contribution in [0.3, 0.4) is 0 Å². The minimum atomic E-state index is -0.982. The largest absolute Gasteiger partial charge is 0.477 e. The molecule has 4 nitrogen and oxygen atoms in total. The van der Waals surface area contributed by atoms with E-state index in [-0.39, 0.29) is 5.69 Å². The molecule has 0 fully saturated rings. The Hall–Kier alpha value is -1.66. The number of para-hydroxylation sites is 1.